The molecule has 0 saturated carbocycles. The van der Waals surface area contributed by atoms with E-state index in [1.807, 2.05) is 24.3 Å². The van der Waals surface area contributed by atoms with Gasteiger partial charge in [0.2, 0.25) is 0 Å². The molecule has 0 unspecified atom stereocenters. The Balaban J connectivity index is 2.55. The van der Waals surface area contributed by atoms with Crippen LogP contribution in [0.2, 0.25) is 0 Å². The lowest BCUT2D eigenvalue weighted by Gasteiger charge is -2.07. The van der Waals surface area contributed by atoms with E-state index in [-0.39, 0.29) is 0 Å². The summed E-state index contributed by atoms with van der Waals surface area (Å²) in [6.07, 6.45) is 3.55. The monoisotopic (exact) mass is 199 g/mol. The van der Waals surface area contributed by atoms with Crippen molar-refractivity contribution in [2.45, 2.75) is 0 Å². The van der Waals surface area contributed by atoms with Crippen LogP contribution < -0.4 is 11.1 Å². The first-order valence-electron chi connectivity index (χ1n) is 4.81. The molecule has 76 valence electrons. The number of hydrogen-bond donors (Lipinski definition) is 2. The molecule has 1 aromatic heterocycles. The molecule has 0 radical (unpaired) electrons. The Kier molecular flexibility index (Phi) is 2.54. The van der Waals surface area contributed by atoms with Crippen molar-refractivity contribution in [3.8, 4) is 0 Å². The fourth-order valence-corrected chi connectivity index (χ4v) is 1.54. The van der Waals surface area contributed by atoms with Gasteiger partial charge in [0, 0.05) is 29.2 Å². The summed E-state index contributed by atoms with van der Waals surface area (Å²) in [5, 5.41) is 5.25. The van der Waals surface area contributed by atoms with Gasteiger partial charge in [-0.2, -0.15) is 0 Å². The molecule has 0 aliphatic heterocycles. The van der Waals surface area contributed by atoms with Gasteiger partial charge < -0.3 is 11.1 Å². The second-order valence-electron chi connectivity index (χ2n) is 3.27. The first kappa shape index (κ1) is 9.52. The van der Waals surface area contributed by atoms with Gasteiger partial charge in [0.25, 0.3) is 0 Å². The highest BCUT2D eigenvalue weighted by Gasteiger charge is 2.02. The van der Waals surface area contributed by atoms with Crippen LogP contribution in [0.4, 0.5) is 11.5 Å². The molecule has 15 heavy (non-hydrogen) atoms. The summed E-state index contributed by atoms with van der Waals surface area (Å²) in [6.45, 7) is 4.35. The van der Waals surface area contributed by atoms with Gasteiger partial charge in [0.1, 0.15) is 5.82 Å². The van der Waals surface area contributed by atoms with Crippen molar-refractivity contribution < 1.29 is 0 Å². The van der Waals surface area contributed by atoms with Crippen LogP contribution in [0, 0.1) is 0 Å². The van der Waals surface area contributed by atoms with Crippen LogP contribution in [0.1, 0.15) is 0 Å². The van der Waals surface area contributed by atoms with Crippen LogP contribution in [0.25, 0.3) is 10.8 Å². The third-order valence-corrected chi connectivity index (χ3v) is 2.25. The number of pyridine rings is 1. The molecule has 0 aliphatic rings. The zero-order chi connectivity index (χ0) is 10.7. The first-order chi connectivity index (χ1) is 7.33. The average molecular weight is 199 g/mol. The maximum atomic E-state index is 5.88. The van der Waals surface area contributed by atoms with E-state index in [1.165, 1.54) is 0 Å². The average Bonchev–Trinajstić information content (AvgIpc) is 2.27. The minimum atomic E-state index is 0.695. The molecular weight excluding hydrogens is 186 g/mol. The maximum Gasteiger partial charge on any atom is 0.134 e. The van der Waals surface area contributed by atoms with E-state index in [1.54, 1.807) is 12.3 Å². The van der Waals surface area contributed by atoms with E-state index in [4.69, 9.17) is 5.73 Å². The Morgan fingerprint density at radius 1 is 1.33 bits per heavy atom. The van der Waals surface area contributed by atoms with Gasteiger partial charge in [-0.1, -0.05) is 18.2 Å². The normalized spacial score (nSPS) is 10.1. The highest BCUT2D eigenvalue weighted by atomic mass is 15.0. The number of nitrogens with two attached hydrogens (primary N) is 1. The lowest BCUT2D eigenvalue weighted by atomic mass is 10.1. The minimum Gasteiger partial charge on any atom is -0.398 e. The summed E-state index contributed by atoms with van der Waals surface area (Å²) in [5.74, 6) is 0.847. The molecule has 3 nitrogen and oxygen atoms in total. The van der Waals surface area contributed by atoms with E-state index in [0.717, 1.165) is 22.3 Å². The molecule has 0 amide bonds. The van der Waals surface area contributed by atoms with Gasteiger partial charge in [-0.25, -0.2) is 4.98 Å². The molecule has 0 saturated heterocycles. The minimum absolute atomic E-state index is 0.695. The van der Waals surface area contributed by atoms with E-state index in [0.29, 0.717) is 6.54 Å². The van der Waals surface area contributed by atoms with E-state index in [9.17, 15) is 0 Å². The maximum absolute atomic E-state index is 5.88. The van der Waals surface area contributed by atoms with Crippen LogP contribution in [0.3, 0.4) is 0 Å². The number of benzene rings is 1. The van der Waals surface area contributed by atoms with Crippen LogP contribution in [0.15, 0.2) is 43.1 Å². The number of hydrogen-bond acceptors (Lipinski definition) is 3. The van der Waals surface area contributed by atoms with Gasteiger partial charge in [-0.3, -0.25) is 0 Å². The van der Waals surface area contributed by atoms with Crippen molar-refractivity contribution >= 4 is 22.3 Å². The predicted octanol–water partition coefficient (Wildman–Crippen LogP) is 2.41. The van der Waals surface area contributed by atoms with Crippen LogP contribution in [-0.4, -0.2) is 11.5 Å². The molecule has 0 bridgehead atoms. The number of nitrogen functional groups attached to an aromatic ring is 1. The van der Waals surface area contributed by atoms with Crippen molar-refractivity contribution in [3.63, 3.8) is 0 Å². The van der Waals surface area contributed by atoms with Crippen molar-refractivity contribution in [2.75, 3.05) is 17.6 Å². The molecule has 3 heteroatoms. The number of fused-ring (bicyclic) bond motifs is 1. The zero-order valence-electron chi connectivity index (χ0n) is 8.40. The van der Waals surface area contributed by atoms with Gasteiger partial charge in [0.15, 0.2) is 0 Å². The molecule has 1 heterocycles. The Labute approximate surface area is 88.6 Å². The largest absolute Gasteiger partial charge is 0.398 e. The van der Waals surface area contributed by atoms with Crippen molar-refractivity contribution in [2.24, 2.45) is 0 Å². The number of anilines is 2. The fraction of sp³-hybridized carbons (Fsp3) is 0.0833. The molecular formula is C12H13N3. The molecule has 2 rings (SSSR count). The van der Waals surface area contributed by atoms with Crippen molar-refractivity contribution in [3.05, 3.63) is 43.1 Å². The topological polar surface area (TPSA) is 50.9 Å². The Hall–Kier alpha value is -2.03. The summed E-state index contributed by atoms with van der Waals surface area (Å²) in [4.78, 5) is 4.27. The Morgan fingerprint density at radius 3 is 3.00 bits per heavy atom. The van der Waals surface area contributed by atoms with Crippen LogP contribution >= 0.6 is 0 Å². The summed E-state index contributed by atoms with van der Waals surface area (Å²) in [5.41, 5.74) is 6.65. The first-order valence-corrected chi connectivity index (χ1v) is 4.81. The van der Waals surface area contributed by atoms with Gasteiger partial charge in [-0.05, 0) is 12.1 Å². The molecule has 0 aliphatic carbocycles. The fourth-order valence-electron chi connectivity index (χ4n) is 1.54. The van der Waals surface area contributed by atoms with Gasteiger partial charge in [-0.15, -0.1) is 6.58 Å². The van der Waals surface area contributed by atoms with Crippen molar-refractivity contribution in [1.29, 1.82) is 0 Å². The van der Waals surface area contributed by atoms with Crippen LogP contribution in [0.5, 0.6) is 0 Å². The second kappa shape index (κ2) is 4.00. The number of rotatable bonds is 3. The smallest absolute Gasteiger partial charge is 0.134 e. The zero-order valence-corrected chi connectivity index (χ0v) is 8.40. The quantitative estimate of drug-likeness (QED) is 0.589. The Bertz CT molecular complexity index is 491. The lowest BCUT2D eigenvalue weighted by Crippen LogP contribution is -2.01. The molecule has 0 fully saturated rings. The summed E-state index contributed by atoms with van der Waals surface area (Å²) in [6, 6.07) is 7.74. The number of aromatic nitrogens is 1. The van der Waals surface area contributed by atoms with Crippen molar-refractivity contribution in [1.82, 2.24) is 4.98 Å². The third kappa shape index (κ3) is 1.76. The van der Waals surface area contributed by atoms with Gasteiger partial charge >= 0.3 is 0 Å². The summed E-state index contributed by atoms with van der Waals surface area (Å²) in [7, 11) is 0. The predicted molar refractivity (Wildman–Crippen MR) is 64.8 cm³/mol. The van der Waals surface area contributed by atoms with Gasteiger partial charge in [0.05, 0.1) is 0 Å². The summed E-state index contributed by atoms with van der Waals surface area (Å²) < 4.78 is 0. The molecule has 2 aromatic rings. The van der Waals surface area contributed by atoms with E-state index in [2.05, 4.69) is 16.9 Å². The lowest BCUT2D eigenvalue weighted by molar-refractivity contribution is 1.25. The number of nitrogens with zero attached hydrogens (tertiary/aromatic N) is 1. The Morgan fingerprint density at radius 2 is 2.20 bits per heavy atom. The third-order valence-electron chi connectivity index (χ3n) is 2.25. The molecule has 0 spiro atoms. The second-order valence-corrected chi connectivity index (χ2v) is 3.27. The summed E-state index contributed by atoms with van der Waals surface area (Å²) >= 11 is 0. The van der Waals surface area contributed by atoms with E-state index < -0.39 is 0 Å². The molecule has 0 atom stereocenters. The SMILES string of the molecule is C=CCNc1nccc2c(N)cccc12. The molecule has 3 N–H and O–H groups in total. The van der Waals surface area contributed by atoms with E-state index >= 15 is 0 Å². The van der Waals surface area contributed by atoms with Crippen LogP contribution in [-0.2, 0) is 0 Å². The highest BCUT2D eigenvalue weighted by molar-refractivity contribution is 5.99. The standard InChI is InChI=1S/C12H13N3/c1-2-7-14-12-10-4-3-5-11(13)9(10)6-8-15-12/h2-6,8H,1,7,13H2,(H,14,15). The highest BCUT2D eigenvalue weighted by Crippen LogP contribution is 2.25. The number of nitrogens with one attached hydrogen (secondary N) is 1. The molecule has 1 aromatic carbocycles.